The number of hydrogen-bond donors (Lipinski definition) is 2. The van der Waals surface area contributed by atoms with E-state index in [1.54, 1.807) is 0 Å². The van der Waals surface area contributed by atoms with Crippen LogP contribution in [0.15, 0.2) is 21.5 Å². The Morgan fingerprint density at radius 1 is 1.42 bits per heavy atom. The van der Waals surface area contributed by atoms with Gasteiger partial charge in [-0.15, -0.1) is 0 Å². The Hall–Kier alpha value is -1.93. The number of nitrogens with zero attached hydrogens (tertiary/aromatic N) is 2. The summed E-state index contributed by atoms with van der Waals surface area (Å²) in [5, 5.41) is 12.8. The Labute approximate surface area is 157 Å². The van der Waals surface area contributed by atoms with Gasteiger partial charge in [0.2, 0.25) is 5.43 Å². The number of hydrogen-bond acceptors (Lipinski definition) is 4. The highest BCUT2D eigenvalue weighted by Gasteiger charge is 2.30. The van der Waals surface area contributed by atoms with Gasteiger partial charge in [0, 0.05) is 37.9 Å². The van der Waals surface area contributed by atoms with Crippen LogP contribution in [-0.2, 0) is 0 Å². The SMILES string of the molecule is CC1CN(c2c(F)cc3c(=O)c(C(=O)O)cn(C4CC4)c3c2Br)CCN1. The Balaban J connectivity index is 2.00. The van der Waals surface area contributed by atoms with E-state index < -0.39 is 17.2 Å². The minimum Gasteiger partial charge on any atom is -0.477 e. The fourth-order valence-corrected chi connectivity index (χ4v) is 4.51. The normalized spacial score (nSPS) is 20.6. The van der Waals surface area contributed by atoms with Crippen molar-refractivity contribution in [3.8, 4) is 0 Å². The summed E-state index contributed by atoms with van der Waals surface area (Å²) >= 11 is 3.52. The largest absolute Gasteiger partial charge is 0.477 e. The topological polar surface area (TPSA) is 74.6 Å². The second-order valence-electron chi connectivity index (χ2n) is 7.03. The molecule has 1 saturated heterocycles. The number of halogens is 2. The number of carbonyl (C=O) groups is 1. The first-order valence-electron chi connectivity index (χ1n) is 8.67. The number of fused-ring (bicyclic) bond motifs is 1. The van der Waals surface area contributed by atoms with Crippen LogP contribution in [-0.4, -0.2) is 41.3 Å². The highest BCUT2D eigenvalue weighted by molar-refractivity contribution is 9.10. The molecule has 0 bridgehead atoms. The molecule has 26 heavy (non-hydrogen) atoms. The van der Waals surface area contributed by atoms with Crippen LogP contribution in [0.4, 0.5) is 10.1 Å². The maximum absolute atomic E-state index is 15.0. The molecule has 8 heteroatoms. The number of aromatic carboxylic acids is 1. The van der Waals surface area contributed by atoms with Crippen molar-refractivity contribution in [3.05, 3.63) is 38.3 Å². The number of carboxylic acid groups (broad SMARTS) is 1. The lowest BCUT2D eigenvalue weighted by atomic mass is 10.1. The molecular weight excluding hydrogens is 405 g/mol. The number of pyridine rings is 1. The van der Waals surface area contributed by atoms with Gasteiger partial charge in [-0.2, -0.15) is 0 Å². The Morgan fingerprint density at radius 2 is 2.15 bits per heavy atom. The Morgan fingerprint density at radius 3 is 2.77 bits per heavy atom. The quantitative estimate of drug-likeness (QED) is 0.793. The van der Waals surface area contributed by atoms with Crippen molar-refractivity contribution in [2.45, 2.75) is 31.8 Å². The zero-order valence-corrected chi connectivity index (χ0v) is 15.8. The van der Waals surface area contributed by atoms with Crippen molar-refractivity contribution in [1.29, 1.82) is 0 Å². The Kier molecular flexibility index (Phi) is 4.27. The summed E-state index contributed by atoms with van der Waals surface area (Å²) in [6.07, 6.45) is 3.24. The van der Waals surface area contributed by atoms with Gasteiger partial charge in [-0.05, 0) is 41.8 Å². The van der Waals surface area contributed by atoms with Crippen molar-refractivity contribution in [2.75, 3.05) is 24.5 Å². The van der Waals surface area contributed by atoms with Crippen LogP contribution < -0.4 is 15.6 Å². The van der Waals surface area contributed by atoms with E-state index in [0.29, 0.717) is 28.8 Å². The third-order valence-electron chi connectivity index (χ3n) is 5.04. The maximum atomic E-state index is 15.0. The fourth-order valence-electron chi connectivity index (χ4n) is 3.65. The van der Waals surface area contributed by atoms with Crippen molar-refractivity contribution in [1.82, 2.24) is 9.88 Å². The van der Waals surface area contributed by atoms with E-state index in [9.17, 15) is 19.1 Å². The molecule has 1 unspecified atom stereocenters. The van der Waals surface area contributed by atoms with Crippen molar-refractivity contribution >= 4 is 38.5 Å². The van der Waals surface area contributed by atoms with E-state index in [1.807, 2.05) is 16.4 Å². The standard InChI is InChI=1S/C18H19BrFN3O3/c1-9-7-22(5-4-21-9)16-13(20)6-11-15(14(16)19)23(10-2-3-10)8-12(17(11)24)18(25)26/h6,8-10,21H,2-5,7H2,1H3,(H,25,26). The molecule has 1 aliphatic heterocycles. The minimum absolute atomic E-state index is 0.105. The molecule has 1 atom stereocenters. The van der Waals surface area contributed by atoms with Gasteiger partial charge in [-0.25, -0.2) is 9.18 Å². The van der Waals surface area contributed by atoms with Gasteiger partial charge in [0.05, 0.1) is 21.1 Å². The van der Waals surface area contributed by atoms with Gasteiger partial charge in [-0.3, -0.25) is 4.79 Å². The van der Waals surface area contributed by atoms with Crippen LogP contribution in [0.1, 0.15) is 36.2 Å². The third-order valence-corrected chi connectivity index (χ3v) is 5.79. The summed E-state index contributed by atoms with van der Waals surface area (Å²) in [6, 6.07) is 1.56. The predicted octanol–water partition coefficient (Wildman–Crippen LogP) is 2.73. The minimum atomic E-state index is -1.29. The molecule has 0 radical (unpaired) electrons. The lowest BCUT2D eigenvalue weighted by Crippen LogP contribution is -2.49. The number of nitrogens with one attached hydrogen (secondary N) is 1. The second kappa shape index (κ2) is 6.35. The van der Waals surface area contributed by atoms with Crippen LogP contribution in [0.3, 0.4) is 0 Å². The van der Waals surface area contributed by atoms with Crippen LogP contribution in [0.5, 0.6) is 0 Å². The Bertz CT molecular complexity index is 971. The summed E-state index contributed by atoms with van der Waals surface area (Å²) < 4.78 is 17.3. The van der Waals surface area contributed by atoms with Crippen LogP contribution in [0.25, 0.3) is 10.9 Å². The predicted molar refractivity (Wildman–Crippen MR) is 101 cm³/mol. The smallest absolute Gasteiger partial charge is 0.341 e. The molecule has 2 aromatic rings. The molecule has 1 aromatic heterocycles. The third kappa shape index (κ3) is 2.81. The van der Waals surface area contributed by atoms with E-state index in [4.69, 9.17) is 0 Å². The molecular formula is C18H19BrFN3O3. The van der Waals surface area contributed by atoms with Gasteiger partial charge < -0.3 is 19.9 Å². The van der Waals surface area contributed by atoms with E-state index in [0.717, 1.165) is 19.4 Å². The molecule has 1 aromatic carbocycles. The van der Waals surface area contributed by atoms with Crippen LogP contribution in [0.2, 0.25) is 0 Å². The van der Waals surface area contributed by atoms with E-state index in [2.05, 4.69) is 21.2 Å². The summed E-state index contributed by atoms with van der Waals surface area (Å²) in [7, 11) is 0. The molecule has 0 spiro atoms. The molecule has 2 aliphatic rings. The van der Waals surface area contributed by atoms with Gasteiger partial charge in [0.15, 0.2) is 0 Å². The van der Waals surface area contributed by atoms with Gasteiger partial charge >= 0.3 is 5.97 Å². The zero-order chi connectivity index (χ0) is 18.6. The number of piperazine rings is 1. The van der Waals surface area contributed by atoms with E-state index in [-0.39, 0.29) is 23.0 Å². The fraction of sp³-hybridized carbons (Fsp3) is 0.444. The van der Waals surface area contributed by atoms with Crippen molar-refractivity contribution < 1.29 is 14.3 Å². The monoisotopic (exact) mass is 423 g/mol. The number of benzene rings is 1. The van der Waals surface area contributed by atoms with Gasteiger partial charge in [-0.1, -0.05) is 0 Å². The first-order chi connectivity index (χ1) is 12.4. The molecule has 2 N–H and O–H groups in total. The molecule has 0 amide bonds. The summed E-state index contributed by atoms with van der Waals surface area (Å²) in [5.41, 5.74) is 0.0382. The summed E-state index contributed by atoms with van der Waals surface area (Å²) in [6.45, 7) is 4.10. The summed E-state index contributed by atoms with van der Waals surface area (Å²) in [5.74, 6) is -1.80. The van der Waals surface area contributed by atoms with Gasteiger partial charge in [0.1, 0.15) is 11.4 Å². The highest BCUT2D eigenvalue weighted by Crippen LogP contribution is 2.42. The van der Waals surface area contributed by atoms with Crippen LogP contribution >= 0.6 is 15.9 Å². The molecule has 2 heterocycles. The first kappa shape index (κ1) is 17.5. The van der Waals surface area contributed by atoms with Gasteiger partial charge in [0.25, 0.3) is 0 Å². The van der Waals surface area contributed by atoms with E-state index in [1.165, 1.54) is 12.3 Å². The van der Waals surface area contributed by atoms with Crippen LogP contribution in [0, 0.1) is 5.82 Å². The molecule has 1 saturated carbocycles. The lowest BCUT2D eigenvalue weighted by molar-refractivity contribution is 0.0695. The highest BCUT2D eigenvalue weighted by atomic mass is 79.9. The molecule has 1 aliphatic carbocycles. The number of rotatable bonds is 3. The number of carboxylic acids is 1. The first-order valence-corrected chi connectivity index (χ1v) is 9.46. The lowest BCUT2D eigenvalue weighted by Gasteiger charge is -2.34. The average molecular weight is 424 g/mol. The average Bonchev–Trinajstić information content (AvgIpc) is 3.40. The zero-order valence-electron chi connectivity index (χ0n) is 14.3. The second-order valence-corrected chi connectivity index (χ2v) is 7.83. The summed E-state index contributed by atoms with van der Waals surface area (Å²) in [4.78, 5) is 26.0. The molecule has 2 fully saturated rings. The van der Waals surface area contributed by atoms with Crippen molar-refractivity contribution in [3.63, 3.8) is 0 Å². The number of aromatic nitrogens is 1. The molecule has 138 valence electrons. The molecule has 4 rings (SSSR count). The van der Waals surface area contributed by atoms with E-state index >= 15 is 0 Å². The maximum Gasteiger partial charge on any atom is 0.341 e. The van der Waals surface area contributed by atoms with Crippen molar-refractivity contribution in [2.24, 2.45) is 0 Å². The number of anilines is 1. The molecule has 6 nitrogen and oxygen atoms in total.